The summed E-state index contributed by atoms with van der Waals surface area (Å²) in [5, 5.41) is 6.85. The molecule has 1 aromatic carbocycles. The Balaban J connectivity index is 1.69. The fraction of sp³-hybridized carbons (Fsp3) is 0.267. The van der Waals surface area contributed by atoms with Crippen LogP contribution >= 0.6 is 15.9 Å². The minimum atomic E-state index is -0.208. The summed E-state index contributed by atoms with van der Waals surface area (Å²) in [6.45, 7) is 2.39. The fourth-order valence-corrected chi connectivity index (χ4v) is 2.88. The molecular weight excluding hydrogens is 334 g/mol. The molecule has 1 N–H and O–H groups in total. The van der Waals surface area contributed by atoms with E-state index in [1.807, 2.05) is 6.92 Å². The summed E-state index contributed by atoms with van der Waals surface area (Å²) in [5.41, 5.74) is 3.12. The van der Waals surface area contributed by atoms with Gasteiger partial charge in [0.05, 0.1) is 17.3 Å². The highest BCUT2D eigenvalue weighted by atomic mass is 79.9. The molecule has 0 bridgehead atoms. The lowest BCUT2D eigenvalue weighted by atomic mass is 10.1. The number of hydrogen-bond acceptors (Lipinski definition) is 3. The first-order valence-corrected chi connectivity index (χ1v) is 7.52. The molecule has 2 aromatic rings. The van der Waals surface area contributed by atoms with Gasteiger partial charge in [0.2, 0.25) is 0 Å². The van der Waals surface area contributed by atoms with Crippen LogP contribution in [0, 0.1) is 6.92 Å². The molecule has 0 unspecified atom stereocenters. The van der Waals surface area contributed by atoms with Crippen LogP contribution in [0.2, 0.25) is 0 Å². The molecule has 0 aliphatic carbocycles. The first-order valence-electron chi connectivity index (χ1n) is 6.72. The van der Waals surface area contributed by atoms with Gasteiger partial charge >= 0.3 is 0 Å². The number of amides is 2. The van der Waals surface area contributed by atoms with Crippen LogP contribution in [0.25, 0.3) is 0 Å². The number of carbonyl (C=O) groups excluding carboxylic acids is 2. The van der Waals surface area contributed by atoms with Crippen molar-refractivity contribution in [2.45, 2.75) is 19.8 Å². The molecule has 0 saturated heterocycles. The summed E-state index contributed by atoms with van der Waals surface area (Å²) in [7, 11) is 0. The van der Waals surface area contributed by atoms with Crippen molar-refractivity contribution in [1.82, 2.24) is 15.1 Å². The van der Waals surface area contributed by atoms with Crippen LogP contribution in [0.15, 0.2) is 28.9 Å². The van der Waals surface area contributed by atoms with Crippen molar-refractivity contribution in [3.8, 4) is 0 Å². The standard InChI is InChI=1S/C15H14BrN3O2/c1-9-10(8-17-18-9)3-2-6-19-14(20)12-5-4-11(16)7-13(12)15(19)21/h4-5,7-8H,2-3,6H2,1H3,(H,17,18). The van der Waals surface area contributed by atoms with Crippen molar-refractivity contribution in [1.29, 1.82) is 0 Å². The number of H-pyrrole nitrogens is 1. The Morgan fingerprint density at radius 2 is 2.00 bits per heavy atom. The highest BCUT2D eigenvalue weighted by Crippen LogP contribution is 2.26. The van der Waals surface area contributed by atoms with Crippen LogP contribution in [-0.4, -0.2) is 33.5 Å². The molecule has 2 heterocycles. The summed E-state index contributed by atoms with van der Waals surface area (Å²) >= 11 is 3.33. The van der Waals surface area contributed by atoms with Crippen LogP contribution in [0.1, 0.15) is 38.4 Å². The average Bonchev–Trinajstić information content (AvgIpc) is 2.96. The third-order valence-corrected chi connectivity index (χ3v) is 4.19. The van der Waals surface area contributed by atoms with E-state index in [9.17, 15) is 9.59 Å². The largest absolute Gasteiger partial charge is 0.283 e. The Morgan fingerprint density at radius 3 is 2.71 bits per heavy atom. The molecule has 6 heteroatoms. The first kappa shape index (κ1) is 14.0. The minimum absolute atomic E-state index is 0.202. The first-order chi connectivity index (χ1) is 10.1. The summed E-state index contributed by atoms with van der Waals surface area (Å²) in [6.07, 6.45) is 3.31. The Kier molecular flexibility index (Phi) is 3.63. The highest BCUT2D eigenvalue weighted by Gasteiger charge is 2.34. The number of aromatic nitrogens is 2. The van der Waals surface area contributed by atoms with Crippen molar-refractivity contribution in [2.75, 3.05) is 6.54 Å². The Labute approximate surface area is 130 Å². The van der Waals surface area contributed by atoms with Gasteiger partial charge in [0.15, 0.2) is 0 Å². The summed E-state index contributed by atoms with van der Waals surface area (Å²) in [5.74, 6) is -0.411. The SMILES string of the molecule is Cc1[nH]ncc1CCCN1C(=O)c2ccc(Br)cc2C1=O. The van der Waals surface area contributed by atoms with Crippen molar-refractivity contribution < 1.29 is 9.59 Å². The van der Waals surface area contributed by atoms with Gasteiger partial charge in [0.1, 0.15) is 0 Å². The summed E-state index contributed by atoms with van der Waals surface area (Å²) in [4.78, 5) is 25.9. The smallest absolute Gasteiger partial charge is 0.261 e. The second-order valence-electron chi connectivity index (χ2n) is 5.08. The maximum absolute atomic E-state index is 12.3. The summed E-state index contributed by atoms with van der Waals surface area (Å²) < 4.78 is 0.804. The van der Waals surface area contributed by atoms with Gasteiger partial charge in [-0.1, -0.05) is 15.9 Å². The zero-order chi connectivity index (χ0) is 15.0. The molecule has 21 heavy (non-hydrogen) atoms. The van der Waals surface area contributed by atoms with Crippen LogP contribution < -0.4 is 0 Å². The van der Waals surface area contributed by atoms with Crippen LogP contribution in [0.3, 0.4) is 0 Å². The third kappa shape index (κ3) is 2.51. The lowest BCUT2D eigenvalue weighted by molar-refractivity contribution is 0.0652. The van der Waals surface area contributed by atoms with Gasteiger partial charge in [-0.3, -0.25) is 19.6 Å². The van der Waals surface area contributed by atoms with Gasteiger partial charge in [0.25, 0.3) is 11.8 Å². The monoisotopic (exact) mass is 347 g/mol. The Morgan fingerprint density at radius 1 is 1.24 bits per heavy atom. The molecule has 0 spiro atoms. The second-order valence-corrected chi connectivity index (χ2v) is 5.99. The maximum atomic E-state index is 12.3. The highest BCUT2D eigenvalue weighted by molar-refractivity contribution is 9.10. The number of aryl methyl sites for hydroxylation is 2. The van der Waals surface area contributed by atoms with E-state index in [0.29, 0.717) is 17.7 Å². The number of benzene rings is 1. The van der Waals surface area contributed by atoms with Crippen molar-refractivity contribution in [3.05, 3.63) is 51.3 Å². The second kappa shape index (κ2) is 5.44. The molecule has 1 aromatic heterocycles. The quantitative estimate of drug-likeness (QED) is 0.864. The predicted octanol–water partition coefficient (Wildman–Crippen LogP) is 2.71. The molecule has 1 aliphatic rings. The van der Waals surface area contributed by atoms with Gasteiger partial charge in [0, 0.05) is 16.7 Å². The van der Waals surface area contributed by atoms with Gasteiger partial charge in [-0.25, -0.2) is 0 Å². The lowest BCUT2D eigenvalue weighted by Crippen LogP contribution is -2.30. The molecule has 1 aliphatic heterocycles. The number of fused-ring (bicyclic) bond motifs is 1. The number of hydrogen-bond donors (Lipinski definition) is 1. The number of aromatic amines is 1. The van der Waals surface area contributed by atoms with Crippen molar-refractivity contribution >= 4 is 27.7 Å². The van der Waals surface area contributed by atoms with Gasteiger partial charge in [-0.05, 0) is 43.5 Å². The molecular formula is C15H14BrN3O2. The van der Waals surface area contributed by atoms with E-state index in [1.54, 1.807) is 24.4 Å². The number of nitrogens with one attached hydrogen (secondary N) is 1. The van der Waals surface area contributed by atoms with Gasteiger partial charge < -0.3 is 0 Å². The molecule has 0 saturated carbocycles. The topological polar surface area (TPSA) is 66.1 Å². The molecule has 0 radical (unpaired) electrons. The van der Waals surface area contributed by atoms with E-state index in [4.69, 9.17) is 0 Å². The van der Waals surface area contributed by atoms with E-state index < -0.39 is 0 Å². The number of nitrogens with zero attached hydrogens (tertiary/aromatic N) is 2. The molecule has 5 nitrogen and oxygen atoms in total. The normalized spacial score (nSPS) is 13.9. The van der Waals surface area contributed by atoms with Crippen LogP contribution in [0.5, 0.6) is 0 Å². The fourth-order valence-electron chi connectivity index (χ4n) is 2.52. The minimum Gasteiger partial charge on any atom is -0.283 e. The molecule has 0 fully saturated rings. The number of imide groups is 1. The Hall–Kier alpha value is -1.95. The third-order valence-electron chi connectivity index (χ3n) is 3.69. The van der Waals surface area contributed by atoms with Gasteiger partial charge in [-0.15, -0.1) is 0 Å². The van der Waals surface area contributed by atoms with Crippen LogP contribution in [0.4, 0.5) is 0 Å². The molecule has 0 atom stereocenters. The molecule has 108 valence electrons. The zero-order valence-corrected chi connectivity index (χ0v) is 13.1. The Bertz CT molecular complexity index is 723. The van der Waals surface area contributed by atoms with Crippen molar-refractivity contribution in [2.24, 2.45) is 0 Å². The number of rotatable bonds is 4. The molecule has 3 rings (SSSR count). The van der Waals surface area contributed by atoms with Crippen LogP contribution in [-0.2, 0) is 6.42 Å². The van der Waals surface area contributed by atoms with E-state index in [1.165, 1.54) is 4.90 Å². The zero-order valence-electron chi connectivity index (χ0n) is 11.5. The lowest BCUT2D eigenvalue weighted by Gasteiger charge is -2.13. The van der Waals surface area contributed by atoms with Gasteiger partial charge in [-0.2, -0.15) is 5.10 Å². The van der Waals surface area contributed by atoms with E-state index >= 15 is 0 Å². The number of carbonyl (C=O) groups is 2. The number of halogens is 1. The van der Waals surface area contributed by atoms with E-state index in [2.05, 4.69) is 26.1 Å². The van der Waals surface area contributed by atoms with E-state index in [0.717, 1.165) is 28.6 Å². The maximum Gasteiger partial charge on any atom is 0.261 e. The summed E-state index contributed by atoms with van der Waals surface area (Å²) in [6, 6.07) is 5.18. The molecule has 2 amide bonds. The predicted molar refractivity (Wildman–Crippen MR) is 81.2 cm³/mol. The van der Waals surface area contributed by atoms with E-state index in [-0.39, 0.29) is 11.8 Å². The van der Waals surface area contributed by atoms with Crippen molar-refractivity contribution in [3.63, 3.8) is 0 Å². The average molecular weight is 348 g/mol.